The van der Waals surface area contributed by atoms with Crippen LogP contribution >= 0.6 is 0 Å². The maximum Gasteiger partial charge on any atom is 0.303 e. The lowest BCUT2D eigenvalue weighted by atomic mass is 9.98. The van der Waals surface area contributed by atoms with Gasteiger partial charge in [-0.1, -0.05) is 30.3 Å². The van der Waals surface area contributed by atoms with Gasteiger partial charge in [0.2, 0.25) is 12.4 Å². The topological polar surface area (TPSA) is 124 Å². The molecule has 0 spiro atoms. The number of ether oxygens (including phenoxy) is 6. The second kappa shape index (κ2) is 11.0. The minimum Gasteiger partial charge on any atom is -0.463 e. The summed E-state index contributed by atoms with van der Waals surface area (Å²) in [5.41, 5.74) is 0. The maximum absolute atomic E-state index is 11.9. The van der Waals surface area contributed by atoms with Crippen LogP contribution in [0.2, 0.25) is 0 Å². The van der Waals surface area contributed by atoms with E-state index >= 15 is 0 Å². The summed E-state index contributed by atoms with van der Waals surface area (Å²) >= 11 is 0. The van der Waals surface area contributed by atoms with Gasteiger partial charge >= 0.3 is 23.9 Å². The van der Waals surface area contributed by atoms with Crippen LogP contribution in [-0.2, 0) is 42.9 Å². The molecule has 2 aromatic carbocycles. The van der Waals surface area contributed by atoms with E-state index in [1.54, 1.807) is 12.1 Å². The van der Waals surface area contributed by atoms with Crippen molar-refractivity contribution in [1.29, 1.82) is 0 Å². The molecule has 0 saturated carbocycles. The summed E-state index contributed by atoms with van der Waals surface area (Å²) in [4.78, 5) is 47.0. The van der Waals surface area contributed by atoms with Crippen molar-refractivity contribution >= 4 is 34.6 Å². The zero-order valence-electron chi connectivity index (χ0n) is 19.2. The van der Waals surface area contributed by atoms with E-state index in [0.717, 1.165) is 24.6 Å². The molecule has 0 bridgehead atoms. The van der Waals surface area contributed by atoms with E-state index in [1.165, 1.54) is 13.8 Å². The lowest BCUT2D eigenvalue weighted by Crippen LogP contribution is -2.63. The fraction of sp³-hybridized carbons (Fsp3) is 0.417. The number of fused-ring (bicyclic) bond motifs is 1. The molecule has 1 saturated heterocycles. The van der Waals surface area contributed by atoms with E-state index in [-0.39, 0.29) is 6.61 Å². The SMILES string of the molecule is CC(=O)OC[C@@H]1O[C@H](Oc2ccc3ccccc3c2)[C@@H](OC(C)=O)[C@@H](OC(C)=O)[C@@H]1OC(C)=O. The third-order valence-electron chi connectivity index (χ3n) is 4.92. The first-order valence-corrected chi connectivity index (χ1v) is 10.6. The number of carbonyl (C=O) groups is 4. The van der Waals surface area contributed by atoms with Crippen LogP contribution in [0.1, 0.15) is 27.7 Å². The van der Waals surface area contributed by atoms with Gasteiger partial charge < -0.3 is 28.4 Å². The zero-order valence-corrected chi connectivity index (χ0v) is 19.2. The van der Waals surface area contributed by atoms with Gasteiger partial charge in [-0.15, -0.1) is 0 Å². The van der Waals surface area contributed by atoms with Crippen LogP contribution in [0.3, 0.4) is 0 Å². The first-order chi connectivity index (χ1) is 16.1. The standard InChI is InChI=1S/C24H26O10/c1-13(25)29-12-20-21(30-14(2)26)22(31-15(3)27)23(32-16(4)28)24(34-20)33-19-10-9-17-7-5-6-8-18(17)11-19/h5-11,20-24H,12H2,1-4H3/t20-,21+,22-,23-,24-/m0/s1. The van der Waals surface area contributed by atoms with Crippen molar-refractivity contribution in [2.75, 3.05) is 6.61 Å². The predicted octanol–water partition coefficient (Wildman–Crippen LogP) is 2.30. The molecule has 34 heavy (non-hydrogen) atoms. The van der Waals surface area contributed by atoms with Crippen LogP contribution in [0.5, 0.6) is 5.75 Å². The van der Waals surface area contributed by atoms with Crippen LogP contribution in [0, 0.1) is 0 Å². The molecule has 0 N–H and O–H groups in total. The Bertz CT molecular complexity index is 1060. The van der Waals surface area contributed by atoms with Crippen LogP contribution in [-0.4, -0.2) is 61.2 Å². The minimum absolute atomic E-state index is 0.324. The second-order valence-electron chi connectivity index (χ2n) is 7.69. The summed E-state index contributed by atoms with van der Waals surface area (Å²) in [6, 6.07) is 12.9. The number of hydrogen-bond donors (Lipinski definition) is 0. The average Bonchev–Trinajstić information content (AvgIpc) is 2.75. The average molecular weight is 474 g/mol. The molecular formula is C24H26O10. The van der Waals surface area contributed by atoms with Crippen LogP contribution in [0.25, 0.3) is 10.8 Å². The summed E-state index contributed by atoms with van der Waals surface area (Å²) in [5.74, 6) is -2.31. The molecule has 0 aliphatic carbocycles. The molecule has 3 rings (SSSR count). The minimum atomic E-state index is -1.29. The van der Waals surface area contributed by atoms with Gasteiger partial charge in [-0.2, -0.15) is 0 Å². The van der Waals surface area contributed by atoms with Crippen molar-refractivity contribution in [2.45, 2.75) is 58.4 Å². The van der Waals surface area contributed by atoms with Gasteiger partial charge in [0.1, 0.15) is 18.5 Å². The number of rotatable bonds is 7. The van der Waals surface area contributed by atoms with Gasteiger partial charge in [0, 0.05) is 27.7 Å². The molecule has 1 aliphatic heterocycles. The Labute approximate surface area is 196 Å². The molecule has 5 atom stereocenters. The van der Waals surface area contributed by atoms with Crippen LogP contribution < -0.4 is 4.74 Å². The number of hydrogen-bond acceptors (Lipinski definition) is 10. The van der Waals surface area contributed by atoms with Gasteiger partial charge in [-0.3, -0.25) is 19.2 Å². The Balaban J connectivity index is 1.98. The third kappa shape index (κ3) is 6.44. The molecular weight excluding hydrogens is 448 g/mol. The Morgan fingerprint density at radius 3 is 1.94 bits per heavy atom. The van der Waals surface area contributed by atoms with Crippen molar-refractivity contribution in [3.63, 3.8) is 0 Å². The maximum atomic E-state index is 11.9. The normalized spacial score (nSPS) is 24.1. The summed E-state index contributed by atoms with van der Waals surface area (Å²) in [7, 11) is 0. The van der Waals surface area contributed by atoms with Gasteiger partial charge in [-0.25, -0.2) is 0 Å². The van der Waals surface area contributed by atoms with Gasteiger partial charge in [-0.05, 0) is 22.9 Å². The molecule has 10 heteroatoms. The van der Waals surface area contributed by atoms with Crippen LogP contribution in [0.4, 0.5) is 0 Å². The fourth-order valence-electron chi connectivity index (χ4n) is 3.66. The molecule has 0 radical (unpaired) electrons. The highest BCUT2D eigenvalue weighted by molar-refractivity contribution is 5.83. The van der Waals surface area contributed by atoms with E-state index in [4.69, 9.17) is 28.4 Å². The van der Waals surface area contributed by atoms with Crippen molar-refractivity contribution < 1.29 is 47.6 Å². The molecule has 0 unspecified atom stereocenters. The van der Waals surface area contributed by atoms with Gasteiger partial charge in [0.05, 0.1) is 0 Å². The van der Waals surface area contributed by atoms with Crippen molar-refractivity contribution in [3.05, 3.63) is 42.5 Å². The van der Waals surface area contributed by atoms with E-state index < -0.39 is 54.6 Å². The number of esters is 4. The quantitative estimate of drug-likeness (QED) is 0.436. The van der Waals surface area contributed by atoms with Crippen molar-refractivity contribution in [3.8, 4) is 5.75 Å². The molecule has 1 aliphatic rings. The third-order valence-corrected chi connectivity index (χ3v) is 4.92. The van der Waals surface area contributed by atoms with Crippen molar-refractivity contribution in [2.24, 2.45) is 0 Å². The molecule has 0 aromatic heterocycles. The summed E-state index contributed by atoms with van der Waals surface area (Å²) in [6.45, 7) is 4.37. The van der Waals surface area contributed by atoms with Crippen molar-refractivity contribution in [1.82, 2.24) is 0 Å². The second-order valence-corrected chi connectivity index (χ2v) is 7.69. The molecule has 2 aromatic rings. The van der Waals surface area contributed by atoms with E-state index in [1.807, 2.05) is 30.3 Å². The number of carbonyl (C=O) groups excluding carboxylic acids is 4. The Morgan fingerprint density at radius 2 is 1.32 bits per heavy atom. The lowest BCUT2D eigenvalue weighted by Gasteiger charge is -2.43. The summed E-state index contributed by atoms with van der Waals surface area (Å²) in [5, 5.41) is 1.88. The highest BCUT2D eigenvalue weighted by Gasteiger charge is 2.53. The Hall–Kier alpha value is -3.66. The lowest BCUT2D eigenvalue weighted by molar-refractivity contribution is -0.288. The molecule has 1 fully saturated rings. The smallest absolute Gasteiger partial charge is 0.303 e. The zero-order chi connectivity index (χ0) is 24.8. The summed E-state index contributed by atoms with van der Waals surface area (Å²) in [6.07, 6.45) is -6.16. The van der Waals surface area contributed by atoms with Gasteiger partial charge in [0.15, 0.2) is 12.2 Å². The Morgan fingerprint density at radius 1 is 0.735 bits per heavy atom. The highest BCUT2D eigenvalue weighted by atomic mass is 16.7. The van der Waals surface area contributed by atoms with E-state index in [2.05, 4.69) is 0 Å². The molecule has 0 amide bonds. The molecule has 10 nitrogen and oxygen atoms in total. The monoisotopic (exact) mass is 474 g/mol. The molecule has 1 heterocycles. The first-order valence-electron chi connectivity index (χ1n) is 10.6. The summed E-state index contributed by atoms with van der Waals surface area (Å²) < 4.78 is 33.1. The Kier molecular flexibility index (Phi) is 8.06. The first kappa shape index (κ1) is 25.0. The highest BCUT2D eigenvalue weighted by Crippen LogP contribution is 2.31. The van der Waals surface area contributed by atoms with Crippen LogP contribution in [0.15, 0.2) is 42.5 Å². The van der Waals surface area contributed by atoms with Gasteiger partial charge in [0.25, 0.3) is 0 Å². The largest absolute Gasteiger partial charge is 0.463 e. The number of benzene rings is 2. The molecule has 182 valence electrons. The fourth-order valence-corrected chi connectivity index (χ4v) is 3.66. The van der Waals surface area contributed by atoms with E-state index in [0.29, 0.717) is 5.75 Å². The predicted molar refractivity (Wildman–Crippen MR) is 117 cm³/mol. The van der Waals surface area contributed by atoms with E-state index in [9.17, 15) is 19.2 Å².